The molecule has 0 atom stereocenters. The van der Waals surface area contributed by atoms with E-state index in [1.54, 1.807) is 7.11 Å². The van der Waals surface area contributed by atoms with Crippen LogP contribution in [0.15, 0.2) is 23.2 Å². The molecule has 9 heteroatoms. The van der Waals surface area contributed by atoms with Gasteiger partial charge in [0, 0.05) is 45.9 Å². The van der Waals surface area contributed by atoms with Gasteiger partial charge in [-0.1, -0.05) is 6.07 Å². The van der Waals surface area contributed by atoms with Gasteiger partial charge in [-0.05, 0) is 38.3 Å². The zero-order valence-electron chi connectivity index (χ0n) is 17.1. The van der Waals surface area contributed by atoms with Crippen LogP contribution in [0.25, 0.3) is 0 Å². The van der Waals surface area contributed by atoms with Crippen molar-refractivity contribution in [1.82, 2.24) is 15.5 Å². The highest BCUT2D eigenvalue weighted by Gasteiger charge is 2.20. The van der Waals surface area contributed by atoms with Crippen LogP contribution in [0, 0.1) is 5.82 Å². The van der Waals surface area contributed by atoms with E-state index in [0.29, 0.717) is 12.5 Å². The maximum absolute atomic E-state index is 14.1. The Morgan fingerprint density at radius 1 is 1.31 bits per heavy atom. The van der Waals surface area contributed by atoms with E-state index in [0.717, 1.165) is 45.5 Å². The summed E-state index contributed by atoms with van der Waals surface area (Å²) < 4.78 is 48.8. The highest BCUT2D eigenvalue weighted by atomic mass is 19.3. The van der Waals surface area contributed by atoms with Crippen molar-refractivity contribution in [1.29, 1.82) is 0 Å². The van der Waals surface area contributed by atoms with Gasteiger partial charge in [-0.25, -0.2) is 9.38 Å². The van der Waals surface area contributed by atoms with Crippen molar-refractivity contribution in [3.8, 4) is 5.75 Å². The molecule has 1 saturated heterocycles. The second-order valence-electron chi connectivity index (χ2n) is 6.90. The van der Waals surface area contributed by atoms with Crippen LogP contribution < -0.4 is 15.4 Å². The Morgan fingerprint density at radius 2 is 2.07 bits per heavy atom. The Bertz CT molecular complexity index is 638. The molecule has 0 saturated carbocycles. The van der Waals surface area contributed by atoms with Crippen LogP contribution in [0.1, 0.15) is 31.7 Å². The molecule has 6 nitrogen and oxygen atoms in total. The fourth-order valence-electron chi connectivity index (χ4n) is 3.30. The van der Waals surface area contributed by atoms with E-state index in [-0.39, 0.29) is 23.9 Å². The first-order valence-electron chi connectivity index (χ1n) is 10.0. The van der Waals surface area contributed by atoms with Gasteiger partial charge in [-0.15, -0.1) is 0 Å². The summed E-state index contributed by atoms with van der Waals surface area (Å²) in [5, 5.41) is 6.50. The van der Waals surface area contributed by atoms with Crippen LogP contribution in [-0.2, 0) is 11.3 Å². The van der Waals surface area contributed by atoms with E-state index >= 15 is 0 Å². The second kappa shape index (κ2) is 12.5. The Labute approximate surface area is 170 Å². The molecular formula is C20H31F3N4O2. The second-order valence-corrected chi connectivity index (χ2v) is 6.90. The molecule has 2 N–H and O–H groups in total. The minimum atomic E-state index is -3.01. The number of aliphatic imine (C=N–C) groups is 1. The van der Waals surface area contributed by atoms with Gasteiger partial charge < -0.3 is 25.0 Å². The van der Waals surface area contributed by atoms with Crippen molar-refractivity contribution < 1.29 is 22.6 Å². The summed E-state index contributed by atoms with van der Waals surface area (Å²) in [6, 6.07) is 4.12. The summed E-state index contributed by atoms with van der Waals surface area (Å²) in [6.45, 7) is 3.22. The van der Waals surface area contributed by atoms with E-state index in [1.807, 2.05) is 6.92 Å². The topological polar surface area (TPSA) is 58.1 Å². The summed E-state index contributed by atoms with van der Waals surface area (Å²) in [4.78, 5) is 6.80. The van der Waals surface area contributed by atoms with E-state index in [1.165, 1.54) is 18.2 Å². The van der Waals surface area contributed by atoms with Crippen LogP contribution in [-0.4, -0.2) is 63.4 Å². The maximum atomic E-state index is 14.1. The molecule has 1 aromatic carbocycles. The van der Waals surface area contributed by atoms with Crippen molar-refractivity contribution in [3.63, 3.8) is 0 Å². The first-order chi connectivity index (χ1) is 14.0. The Kier molecular flexibility index (Phi) is 10.1. The van der Waals surface area contributed by atoms with Gasteiger partial charge >= 0.3 is 6.61 Å². The lowest BCUT2D eigenvalue weighted by Gasteiger charge is -2.33. The van der Waals surface area contributed by atoms with Gasteiger partial charge in [-0.2, -0.15) is 8.78 Å². The minimum absolute atomic E-state index is 0.0120. The number of ether oxygens (including phenoxy) is 2. The summed E-state index contributed by atoms with van der Waals surface area (Å²) in [5.41, 5.74) is 0.0120. The molecule has 0 aliphatic carbocycles. The van der Waals surface area contributed by atoms with Gasteiger partial charge in [0.05, 0.1) is 12.1 Å². The molecule has 0 spiro atoms. The number of likely N-dealkylation sites (tertiary alicyclic amines) is 1. The predicted octanol–water partition coefficient (Wildman–Crippen LogP) is 2.98. The van der Waals surface area contributed by atoms with E-state index in [2.05, 4.69) is 25.3 Å². The summed E-state index contributed by atoms with van der Waals surface area (Å²) >= 11 is 0. The Balaban J connectivity index is 1.94. The maximum Gasteiger partial charge on any atom is 0.387 e. The predicted molar refractivity (Wildman–Crippen MR) is 107 cm³/mol. The molecule has 1 fully saturated rings. The first-order valence-corrected chi connectivity index (χ1v) is 10.0. The van der Waals surface area contributed by atoms with Crippen LogP contribution in [0.3, 0.4) is 0 Å². The fraction of sp³-hybridized carbons (Fsp3) is 0.650. The summed E-state index contributed by atoms with van der Waals surface area (Å²) in [5.74, 6) is -0.271. The molecule has 0 bridgehead atoms. The molecule has 29 heavy (non-hydrogen) atoms. The highest BCUT2D eigenvalue weighted by Crippen LogP contribution is 2.24. The van der Waals surface area contributed by atoms with Gasteiger partial charge in [0.2, 0.25) is 0 Å². The average Bonchev–Trinajstić information content (AvgIpc) is 2.68. The number of guanidine groups is 1. The van der Waals surface area contributed by atoms with Crippen molar-refractivity contribution in [2.45, 2.75) is 45.4 Å². The SMILES string of the molecule is CCNC(=NCc1c(F)cccc1OC(F)F)NC1CCN(CCCOC)CC1. The molecule has 1 aliphatic rings. The summed E-state index contributed by atoms with van der Waals surface area (Å²) in [6.07, 6.45) is 2.96. The largest absolute Gasteiger partial charge is 0.434 e. The normalized spacial score (nSPS) is 16.3. The highest BCUT2D eigenvalue weighted by molar-refractivity contribution is 5.80. The zero-order valence-corrected chi connectivity index (χ0v) is 17.1. The molecule has 1 heterocycles. The third-order valence-electron chi connectivity index (χ3n) is 4.78. The lowest BCUT2D eigenvalue weighted by molar-refractivity contribution is -0.0506. The first kappa shape index (κ1) is 23.3. The van der Waals surface area contributed by atoms with Crippen molar-refractivity contribution >= 4 is 5.96 Å². The van der Waals surface area contributed by atoms with Crippen LogP contribution in [0.5, 0.6) is 5.75 Å². The molecule has 0 aromatic heterocycles. The number of hydrogen-bond acceptors (Lipinski definition) is 4. The number of benzene rings is 1. The van der Waals surface area contributed by atoms with Crippen LogP contribution in [0.4, 0.5) is 13.2 Å². The quantitative estimate of drug-likeness (QED) is 0.349. The number of hydrogen-bond donors (Lipinski definition) is 2. The molecular weight excluding hydrogens is 385 g/mol. The van der Waals surface area contributed by atoms with Crippen LogP contribution in [0.2, 0.25) is 0 Å². The Morgan fingerprint density at radius 3 is 2.72 bits per heavy atom. The third kappa shape index (κ3) is 8.10. The monoisotopic (exact) mass is 416 g/mol. The average molecular weight is 416 g/mol. The van der Waals surface area contributed by atoms with Gasteiger partial charge in [0.15, 0.2) is 5.96 Å². The van der Waals surface area contributed by atoms with Gasteiger partial charge in [-0.3, -0.25) is 0 Å². The van der Waals surface area contributed by atoms with E-state index < -0.39 is 12.4 Å². The number of rotatable bonds is 10. The number of methoxy groups -OCH3 is 1. The molecule has 2 rings (SSSR count). The Hall–Kier alpha value is -2.00. The number of halogens is 3. The standard InChI is InChI=1S/C20H31F3N4O2/c1-3-24-20(26-15-8-11-27(12-9-15)10-5-13-28-2)25-14-16-17(21)6-4-7-18(16)29-19(22)23/h4,6-7,15,19H,3,5,8-14H2,1-2H3,(H2,24,25,26). The van der Waals surface area contributed by atoms with Crippen molar-refractivity contribution in [2.24, 2.45) is 4.99 Å². The summed E-state index contributed by atoms with van der Waals surface area (Å²) in [7, 11) is 1.71. The van der Waals surface area contributed by atoms with Crippen molar-refractivity contribution in [2.75, 3.05) is 39.9 Å². The van der Waals surface area contributed by atoms with E-state index in [4.69, 9.17) is 4.74 Å². The molecule has 164 valence electrons. The molecule has 0 amide bonds. The third-order valence-corrected chi connectivity index (χ3v) is 4.78. The molecule has 1 aliphatic heterocycles. The molecule has 0 radical (unpaired) electrons. The van der Waals surface area contributed by atoms with Gasteiger partial charge in [0.25, 0.3) is 0 Å². The minimum Gasteiger partial charge on any atom is -0.434 e. The lowest BCUT2D eigenvalue weighted by atomic mass is 10.1. The number of alkyl halides is 2. The fourth-order valence-corrected chi connectivity index (χ4v) is 3.30. The lowest BCUT2D eigenvalue weighted by Crippen LogP contribution is -2.48. The molecule has 1 aromatic rings. The smallest absolute Gasteiger partial charge is 0.387 e. The number of nitrogens with zero attached hydrogens (tertiary/aromatic N) is 2. The number of piperidine rings is 1. The zero-order chi connectivity index (χ0) is 21.1. The van der Waals surface area contributed by atoms with Crippen LogP contribution >= 0.6 is 0 Å². The van der Waals surface area contributed by atoms with E-state index in [9.17, 15) is 13.2 Å². The molecule has 0 unspecified atom stereocenters. The van der Waals surface area contributed by atoms with Crippen molar-refractivity contribution in [3.05, 3.63) is 29.6 Å². The van der Waals surface area contributed by atoms with Gasteiger partial charge in [0.1, 0.15) is 11.6 Å². The number of nitrogens with one attached hydrogen (secondary N) is 2.